The lowest BCUT2D eigenvalue weighted by Crippen LogP contribution is -2.32. The quantitative estimate of drug-likeness (QED) is 0.176. The third-order valence-corrected chi connectivity index (χ3v) is 5.01. The Kier molecular flexibility index (Phi) is 8.11. The molecule has 1 fully saturated rings. The van der Waals surface area contributed by atoms with Crippen LogP contribution in [0.1, 0.15) is 40.7 Å². The van der Waals surface area contributed by atoms with Gasteiger partial charge in [-0.3, -0.25) is 19.7 Å². The Morgan fingerprint density at radius 2 is 2.03 bits per heavy atom. The molecule has 5 N–H and O–H groups in total. The van der Waals surface area contributed by atoms with Crippen LogP contribution in [0.15, 0.2) is 30.5 Å². The van der Waals surface area contributed by atoms with Crippen molar-refractivity contribution >= 4 is 41.7 Å². The van der Waals surface area contributed by atoms with Crippen molar-refractivity contribution in [2.24, 2.45) is 19.8 Å². The van der Waals surface area contributed by atoms with E-state index in [2.05, 4.69) is 22.3 Å². The summed E-state index contributed by atoms with van der Waals surface area (Å²) in [6.45, 7) is 5.71. The zero-order valence-corrected chi connectivity index (χ0v) is 20.0. The number of nitrogens with one attached hydrogen (secondary N) is 3. The summed E-state index contributed by atoms with van der Waals surface area (Å²) in [6, 6.07) is 3.01. The molecule has 13 heteroatoms. The molecule has 0 bridgehead atoms. The van der Waals surface area contributed by atoms with Crippen LogP contribution >= 0.6 is 12.4 Å². The van der Waals surface area contributed by atoms with Crippen LogP contribution in [-0.4, -0.2) is 56.7 Å². The molecule has 1 unspecified atom stereocenters. The summed E-state index contributed by atoms with van der Waals surface area (Å²) in [7, 11) is 3.27. The van der Waals surface area contributed by atoms with Gasteiger partial charge in [-0.1, -0.05) is 6.58 Å². The first kappa shape index (κ1) is 26.5. The lowest BCUT2D eigenvalue weighted by Gasteiger charge is -2.21. The van der Waals surface area contributed by atoms with Gasteiger partial charge in [-0.15, -0.1) is 17.5 Å². The van der Waals surface area contributed by atoms with E-state index >= 15 is 0 Å². The number of anilines is 1. The Labute approximate surface area is 202 Å². The number of nitrogens with zero attached hydrogens (tertiary/aromatic N) is 3. The number of amidine groups is 1. The average molecular weight is 494 g/mol. The predicted octanol–water partition coefficient (Wildman–Crippen LogP) is 1.13. The summed E-state index contributed by atoms with van der Waals surface area (Å²) in [5, 5.41) is 16.8. The number of nitrogens with two attached hydrogens (primary N) is 1. The van der Waals surface area contributed by atoms with Crippen LogP contribution in [0.25, 0.3) is 0 Å². The van der Waals surface area contributed by atoms with Crippen molar-refractivity contribution < 1.29 is 23.9 Å². The summed E-state index contributed by atoms with van der Waals surface area (Å²) in [4.78, 5) is 36.6. The summed E-state index contributed by atoms with van der Waals surface area (Å²) in [5.74, 6) is -1.05. The molecule has 2 aromatic rings. The van der Waals surface area contributed by atoms with Crippen molar-refractivity contribution in [1.82, 2.24) is 19.7 Å². The molecule has 12 nitrogen and oxygen atoms in total. The highest BCUT2D eigenvalue weighted by Gasteiger charge is 2.39. The van der Waals surface area contributed by atoms with Crippen LogP contribution in [0.2, 0.25) is 0 Å². The monoisotopic (exact) mass is 493 g/mol. The summed E-state index contributed by atoms with van der Waals surface area (Å²) < 4.78 is 13.9. The number of ether oxygens (including phenoxy) is 2. The van der Waals surface area contributed by atoms with Crippen LogP contribution in [0, 0.1) is 5.41 Å². The fourth-order valence-corrected chi connectivity index (χ4v) is 3.34. The number of amides is 2. The molecule has 1 saturated heterocycles. The fraction of sp³-hybridized carbons (Fsp3) is 0.381. The molecule has 1 aliphatic heterocycles. The maximum atomic E-state index is 12.7. The molecule has 3 heterocycles. The van der Waals surface area contributed by atoms with Gasteiger partial charge < -0.3 is 30.4 Å². The predicted molar refractivity (Wildman–Crippen MR) is 126 cm³/mol. The van der Waals surface area contributed by atoms with E-state index in [0.717, 1.165) is 0 Å². The summed E-state index contributed by atoms with van der Waals surface area (Å²) >= 11 is 0. The number of aromatic nitrogens is 3. The molecule has 0 radical (unpaired) electrons. The number of hydrogen-bond acceptors (Lipinski definition) is 7. The van der Waals surface area contributed by atoms with Gasteiger partial charge in [0.25, 0.3) is 11.8 Å². The number of rotatable bonds is 9. The molecular formula is C21H28ClN7O5. The lowest BCUT2D eigenvalue weighted by molar-refractivity contribution is -0.147. The number of halogens is 1. The van der Waals surface area contributed by atoms with E-state index < -0.39 is 17.5 Å². The van der Waals surface area contributed by atoms with E-state index in [-0.39, 0.29) is 55.3 Å². The molecule has 1 aliphatic rings. The maximum absolute atomic E-state index is 12.7. The van der Waals surface area contributed by atoms with Crippen molar-refractivity contribution in [2.75, 3.05) is 18.5 Å². The molecule has 34 heavy (non-hydrogen) atoms. The average Bonchev–Trinajstić information content (AvgIpc) is 3.35. The zero-order chi connectivity index (χ0) is 24.3. The number of hydrogen-bond donors (Lipinski definition) is 4. The van der Waals surface area contributed by atoms with E-state index in [0.29, 0.717) is 23.4 Å². The van der Waals surface area contributed by atoms with Gasteiger partial charge in [0.15, 0.2) is 0 Å². The third kappa shape index (κ3) is 6.16. The molecule has 0 aromatic carbocycles. The van der Waals surface area contributed by atoms with Crippen LogP contribution in [0.3, 0.4) is 0 Å². The lowest BCUT2D eigenvalue weighted by atomic mass is 10.0. The minimum Gasteiger partial charge on any atom is -0.472 e. The maximum Gasteiger partial charge on any atom is 0.334 e. The number of esters is 1. The molecule has 2 aromatic heterocycles. The normalized spacial score (nSPS) is 17.0. The molecule has 1 atom stereocenters. The van der Waals surface area contributed by atoms with Gasteiger partial charge in [-0.05, 0) is 13.0 Å². The Morgan fingerprint density at radius 1 is 1.32 bits per heavy atom. The van der Waals surface area contributed by atoms with E-state index in [4.69, 9.17) is 20.6 Å². The minimum atomic E-state index is -0.834. The Morgan fingerprint density at radius 3 is 2.65 bits per heavy atom. The van der Waals surface area contributed by atoms with Crippen LogP contribution in [0.4, 0.5) is 5.69 Å². The van der Waals surface area contributed by atoms with Gasteiger partial charge in [-0.25, -0.2) is 4.79 Å². The van der Waals surface area contributed by atoms with Crippen molar-refractivity contribution in [1.29, 1.82) is 5.41 Å². The van der Waals surface area contributed by atoms with E-state index in [9.17, 15) is 14.4 Å². The van der Waals surface area contributed by atoms with Crippen LogP contribution in [-0.2, 0) is 23.6 Å². The smallest absolute Gasteiger partial charge is 0.334 e. The second kappa shape index (κ2) is 10.4. The SMILES string of the molecule is C=C1CC(C)(COc2cc(C(=O)Nc3cc(C(=O)NCCC(=N)N)n(C)c3)n(C)n2)OC1=O.Cl. The van der Waals surface area contributed by atoms with Gasteiger partial charge in [0.1, 0.15) is 23.6 Å². The van der Waals surface area contributed by atoms with Crippen molar-refractivity contribution in [3.63, 3.8) is 0 Å². The first-order valence-corrected chi connectivity index (χ1v) is 10.1. The van der Waals surface area contributed by atoms with Crippen LogP contribution < -0.4 is 21.1 Å². The molecule has 0 spiro atoms. The van der Waals surface area contributed by atoms with Gasteiger partial charge in [0.2, 0.25) is 5.88 Å². The first-order valence-electron chi connectivity index (χ1n) is 10.1. The highest BCUT2D eigenvalue weighted by molar-refractivity contribution is 6.04. The Balaban J connectivity index is 0.00000408. The van der Waals surface area contributed by atoms with E-state index in [1.54, 1.807) is 31.8 Å². The Bertz CT molecular complexity index is 1120. The fourth-order valence-electron chi connectivity index (χ4n) is 3.34. The molecule has 0 aliphatic carbocycles. The van der Waals surface area contributed by atoms with Gasteiger partial charge in [-0.2, -0.15) is 0 Å². The summed E-state index contributed by atoms with van der Waals surface area (Å²) in [6.07, 6.45) is 2.21. The number of cyclic esters (lactones) is 1. The Hall–Kier alpha value is -3.80. The highest BCUT2D eigenvalue weighted by atomic mass is 35.5. The van der Waals surface area contributed by atoms with Crippen molar-refractivity contribution in [2.45, 2.75) is 25.4 Å². The minimum absolute atomic E-state index is 0. The van der Waals surface area contributed by atoms with E-state index in [1.807, 2.05) is 0 Å². The number of aryl methyl sites for hydroxylation is 2. The molecule has 0 saturated carbocycles. The van der Waals surface area contributed by atoms with Crippen LogP contribution in [0.5, 0.6) is 5.88 Å². The second-order valence-electron chi connectivity index (χ2n) is 8.11. The number of carbonyl (C=O) groups is 3. The highest BCUT2D eigenvalue weighted by Crippen LogP contribution is 2.30. The van der Waals surface area contributed by atoms with Crippen molar-refractivity contribution in [3.05, 3.63) is 41.9 Å². The second-order valence-corrected chi connectivity index (χ2v) is 8.11. The molecule has 3 rings (SSSR count). The van der Waals surface area contributed by atoms with Gasteiger partial charge in [0, 0.05) is 51.3 Å². The largest absolute Gasteiger partial charge is 0.472 e. The standard InChI is InChI=1S/C21H27N7O5.ClH/c1-12-9-21(2,33-20(12)31)11-32-17-8-15(28(4)26-17)19(30)25-13-7-14(27(3)10-13)18(29)24-6-5-16(22)23;/h7-8,10H,1,5-6,9,11H2,2-4H3,(H3,22,23)(H,24,29)(H,25,30);1H. The molecular weight excluding hydrogens is 466 g/mol. The summed E-state index contributed by atoms with van der Waals surface area (Å²) in [5.41, 5.74) is 5.83. The van der Waals surface area contributed by atoms with Crippen molar-refractivity contribution in [3.8, 4) is 5.88 Å². The molecule has 184 valence electrons. The van der Waals surface area contributed by atoms with E-state index in [1.165, 1.54) is 16.8 Å². The zero-order valence-electron chi connectivity index (χ0n) is 19.1. The molecule has 2 amide bonds. The third-order valence-electron chi connectivity index (χ3n) is 5.01. The van der Waals surface area contributed by atoms with Gasteiger partial charge >= 0.3 is 5.97 Å². The topological polar surface area (TPSA) is 166 Å². The first-order chi connectivity index (χ1) is 15.5. The van der Waals surface area contributed by atoms with Gasteiger partial charge in [0.05, 0.1) is 11.5 Å². The number of carbonyl (C=O) groups excluding carboxylic acids is 3.